The Hall–Kier alpha value is -1.40. The Labute approximate surface area is 168 Å². The van der Waals surface area contributed by atoms with Crippen molar-refractivity contribution in [1.29, 1.82) is 0 Å². The van der Waals surface area contributed by atoms with Gasteiger partial charge in [0.1, 0.15) is 0 Å². The Morgan fingerprint density at radius 1 is 1.19 bits per heavy atom. The largest absolute Gasteiger partial charge is 0.385 e. The molecule has 0 aromatic heterocycles. The first-order valence-electron chi connectivity index (χ1n) is 10.1. The molecule has 0 spiro atoms. The third kappa shape index (κ3) is 5.79. The molecule has 2 fully saturated rings. The third-order valence-corrected chi connectivity index (χ3v) is 6.82. The number of guanidine groups is 1. The van der Waals surface area contributed by atoms with Crippen LogP contribution in [-0.2, 0) is 11.3 Å². The van der Waals surface area contributed by atoms with E-state index in [9.17, 15) is 0 Å². The third-order valence-electron chi connectivity index (χ3n) is 5.88. The maximum atomic E-state index is 5.29. The van der Waals surface area contributed by atoms with Gasteiger partial charge in [-0.25, -0.2) is 0 Å². The summed E-state index contributed by atoms with van der Waals surface area (Å²) in [6.07, 6.45) is 5.04. The van der Waals surface area contributed by atoms with E-state index in [0.717, 1.165) is 45.2 Å². The molecule has 0 unspecified atom stereocenters. The summed E-state index contributed by atoms with van der Waals surface area (Å²) in [6.45, 7) is 4.92. The van der Waals surface area contributed by atoms with Crippen LogP contribution in [0, 0.1) is 5.41 Å². The van der Waals surface area contributed by atoms with Gasteiger partial charge >= 0.3 is 0 Å². The zero-order valence-corrected chi connectivity index (χ0v) is 17.6. The average molecular weight is 391 g/mol. The van der Waals surface area contributed by atoms with Crippen LogP contribution in [-0.4, -0.2) is 57.9 Å². The Balaban J connectivity index is 1.45. The van der Waals surface area contributed by atoms with Crippen molar-refractivity contribution in [2.24, 2.45) is 10.4 Å². The molecule has 3 rings (SSSR count). The number of benzene rings is 1. The quantitative estimate of drug-likeness (QED) is 0.528. The topological polar surface area (TPSA) is 48.9 Å². The molecule has 1 saturated carbocycles. The zero-order valence-electron chi connectivity index (χ0n) is 16.8. The van der Waals surface area contributed by atoms with Gasteiger partial charge in [-0.2, -0.15) is 11.8 Å². The molecule has 0 radical (unpaired) electrons. The highest BCUT2D eigenvalue weighted by molar-refractivity contribution is 7.99. The SMILES string of the molecule is CN=C(NCc1ccc(N2CCSCC2)cc1)NCC1(CCOC)CCC1. The number of ether oxygens (including phenoxy) is 1. The van der Waals surface area contributed by atoms with Crippen LogP contribution in [0.2, 0.25) is 0 Å². The minimum absolute atomic E-state index is 0.391. The van der Waals surface area contributed by atoms with Crippen molar-refractivity contribution in [3.8, 4) is 0 Å². The predicted molar refractivity (Wildman–Crippen MR) is 117 cm³/mol. The minimum Gasteiger partial charge on any atom is -0.385 e. The molecule has 1 aliphatic heterocycles. The van der Waals surface area contributed by atoms with E-state index in [0.29, 0.717) is 5.41 Å². The first-order valence-corrected chi connectivity index (χ1v) is 11.3. The van der Waals surface area contributed by atoms with Crippen molar-refractivity contribution in [3.05, 3.63) is 29.8 Å². The van der Waals surface area contributed by atoms with Gasteiger partial charge in [0, 0.05) is 64.1 Å². The molecule has 1 aromatic rings. The molecule has 0 amide bonds. The molecule has 0 bridgehead atoms. The minimum atomic E-state index is 0.391. The van der Waals surface area contributed by atoms with Gasteiger partial charge in [0.2, 0.25) is 0 Å². The second-order valence-electron chi connectivity index (χ2n) is 7.64. The smallest absolute Gasteiger partial charge is 0.191 e. The second-order valence-corrected chi connectivity index (χ2v) is 8.87. The molecular formula is C21H34N4OS. The lowest BCUT2D eigenvalue weighted by Gasteiger charge is -2.42. The summed E-state index contributed by atoms with van der Waals surface area (Å²) < 4.78 is 5.29. The van der Waals surface area contributed by atoms with Gasteiger partial charge < -0.3 is 20.3 Å². The van der Waals surface area contributed by atoms with Crippen LogP contribution in [0.5, 0.6) is 0 Å². The highest BCUT2D eigenvalue weighted by Crippen LogP contribution is 2.43. The molecule has 1 aliphatic carbocycles. The predicted octanol–water partition coefficient (Wildman–Crippen LogP) is 3.11. The number of methoxy groups -OCH3 is 1. The van der Waals surface area contributed by atoms with Gasteiger partial charge in [-0.1, -0.05) is 18.6 Å². The molecule has 5 nitrogen and oxygen atoms in total. The number of nitrogens with one attached hydrogen (secondary N) is 2. The summed E-state index contributed by atoms with van der Waals surface area (Å²) in [5.41, 5.74) is 3.01. The molecule has 0 atom stereocenters. The second kappa shape index (κ2) is 10.2. The Morgan fingerprint density at radius 2 is 1.93 bits per heavy atom. The molecule has 1 aromatic carbocycles. The van der Waals surface area contributed by atoms with Crippen LogP contribution in [0.1, 0.15) is 31.2 Å². The lowest BCUT2D eigenvalue weighted by Crippen LogP contribution is -2.46. The zero-order chi connectivity index (χ0) is 19.0. The highest BCUT2D eigenvalue weighted by Gasteiger charge is 2.36. The van der Waals surface area contributed by atoms with Gasteiger partial charge in [-0.3, -0.25) is 4.99 Å². The van der Waals surface area contributed by atoms with E-state index in [-0.39, 0.29) is 0 Å². The summed E-state index contributed by atoms with van der Waals surface area (Å²) in [7, 11) is 3.63. The van der Waals surface area contributed by atoms with Crippen LogP contribution in [0.15, 0.2) is 29.3 Å². The Kier molecular flexibility index (Phi) is 7.70. The number of rotatable bonds is 8. The van der Waals surface area contributed by atoms with E-state index in [2.05, 4.69) is 44.8 Å². The van der Waals surface area contributed by atoms with Crippen LogP contribution in [0.4, 0.5) is 5.69 Å². The van der Waals surface area contributed by atoms with E-state index in [1.165, 1.54) is 42.0 Å². The maximum absolute atomic E-state index is 5.29. The first kappa shape index (κ1) is 20.3. The summed E-state index contributed by atoms with van der Waals surface area (Å²) >= 11 is 2.05. The molecule has 1 saturated heterocycles. The number of thioether (sulfide) groups is 1. The summed E-state index contributed by atoms with van der Waals surface area (Å²) in [4.78, 5) is 6.87. The summed E-state index contributed by atoms with van der Waals surface area (Å²) in [5, 5.41) is 6.98. The standard InChI is InChI=1S/C21H34N4OS/c1-22-20(24-17-21(8-3-9-21)10-13-26-2)23-16-18-4-6-19(7-5-18)25-11-14-27-15-12-25/h4-7H,3,8-17H2,1-2H3,(H2,22,23,24). The molecule has 150 valence electrons. The number of hydrogen-bond acceptors (Lipinski definition) is 4. The van der Waals surface area contributed by atoms with Gasteiger partial charge in [-0.15, -0.1) is 0 Å². The first-order chi connectivity index (χ1) is 13.2. The van der Waals surface area contributed by atoms with Gasteiger partial charge in [0.25, 0.3) is 0 Å². The Bertz CT molecular complexity index is 595. The normalized spacial score (nSPS) is 19.5. The van der Waals surface area contributed by atoms with Crippen molar-refractivity contribution < 1.29 is 4.74 Å². The monoisotopic (exact) mass is 390 g/mol. The average Bonchev–Trinajstić information content (AvgIpc) is 2.70. The van der Waals surface area contributed by atoms with Crippen molar-refractivity contribution in [3.63, 3.8) is 0 Å². The number of anilines is 1. The fraction of sp³-hybridized carbons (Fsp3) is 0.667. The molecule has 6 heteroatoms. The van der Waals surface area contributed by atoms with Gasteiger partial charge in [0.05, 0.1) is 0 Å². The van der Waals surface area contributed by atoms with E-state index in [1.54, 1.807) is 7.11 Å². The number of nitrogens with zero attached hydrogens (tertiary/aromatic N) is 2. The van der Waals surface area contributed by atoms with E-state index in [4.69, 9.17) is 4.74 Å². The number of aliphatic imine (C=N–C) groups is 1. The van der Waals surface area contributed by atoms with E-state index >= 15 is 0 Å². The summed E-state index contributed by atoms with van der Waals surface area (Å²) in [5.74, 6) is 3.35. The molecule has 1 heterocycles. The van der Waals surface area contributed by atoms with Crippen LogP contribution in [0.25, 0.3) is 0 Å². The lowest BCUT2D eigenvalue weighted by molar-refractivity contribution is 0.0732. The molecular weight excluding hydrogens is 356 g/mol. The van der Waals surface area contributed by atoms with Gasteiger partial charge in [-0.05, 0) is 42.4 Å². The molecule has 2 N–H and O–H groups in total. The van der Waals surface area contributed by atoms with Crippen LogP contribution >= 0.6 is 11.8 Å². The van der Waals surface area contributed by atoms with Crippen LogP contribution < -0.4 is 15.5 Å². The molecule has 2 aliphatic rings. The highest BCUT2D eigenvalue weighted by atomic mass is 32.2. The van der Waals surface area contributed by atoms with Gasteiger partial charge in [0.15, 0.2) is 5.96 Å². The fourth-order valence-electron chi connectivity index (χ4n) is 3.83. The van der Waals surface area contributed by atoms with Crippen LogP contribution in [0.3, 0.4) is 0 Å². The van der Waals surface area contributed by atoms with Crippen molar-refractivity contribution in [1.82, 2.24) is 10.6 Å². The summed E-state index contributed by atoms with van der Waals surface area (Å²) in [6, 6.07) is 8.95. The lowest BCUT2D eigenvalue weighted by atomic mass is 9.67. The van der Waals surface area contributed by atoms with Crippen molar-refractivity contribution >= 4 is 23.4 Å². The van der Waals surface area contributed by atoms with E-state index < -0.39 is 0 Å². The Morgan fingerprint density at radius 3 is 2.52 bits per heavy atom. The molecule has 27 heavy (non-hydrogen) atoms. The van der Waals surface area contributed by atoms with E-state index in [1.807, 2.05) is 18.8 Å². The number of hydrogen-bond donors (Lipinski definition) is 2. The fourth-order valence-corrected chi connectivity index (χ4v) is 4.74. The maximum Gasteiger partial charge on any atom is 0.191 e. The van der Waals surface area contributed by atoms with Crippen molar-refractivity contribution in [2.45, 2.75) is 32.2 Å². The van der Waals surface area contributed by atoms with Crippen molar-refractivity contribution in [2.75, 3.05) is 56.8 Å².